The lowest BCUT2D eigenvalue weighted by Crippen LogP contribution is -2.23. The molecule has 1 aliphatic rings. The lowest BCUT2D eigenvalue weighted by molar-refractivity contribution is 0.310. The summed E-state index contributed by atoms with van der Waals surface area (Å²) >= 11 is 0. The van der Waals surface area contributed by atoms with Gasteiger partial charge in [0.15, 0.2) is 0 Å². The highest BCUT2D eigenvalue weighted by Gasteiger charge is 2.24. The lowest BCUT2D eigenvalue weighted by atomic mass is 9.89. The van der Waals surface area contributed by atoms with Crippen molar-refractivity contribution < 1.29 is 0 Å². The molecule has 2 aromatic rings. The maximum Gasteiger partial charge on any atom is 0.00159 e. The summed E-state index contributed by atoms with van der Waals surface area (Å²) in [6.45, 7) is 7.93. The van der Waals surface area contributed by atoms with Crippen LogP contribution in [0.25, 0.3) is 5.57 Å². The molecule has 0 aromatic heterocycles. The zero-order chi connectivity index (χ0) is 16.8. The fraction of sp³-hybridized carbons (Fsp3) is 0.391. The highest BCUT2D eigenvalue weighted by Crippen LogP contribution is 2.36. The molecule has 0 saturated carbocycles. The highest BCUT2D eigenvalue weighted by atomic mass is 15.1. The van der Waals surface area contributed by atoms with Gasteiger partial charge in [0.05, 0.1) is 0 Å². The van der Waals surface area contributed by atoms with Gasteiger partial charge in [0, 0.05) is 6.54 Å². The number of hydrogen-bond acceptors (Lipinski definition) is 1. The molecule has 0 bridgehead atoms. The van der Waals surface area contributed by atoms with Crippen LogP contribution in [0.3, 0.4) is 0 Å². The van der Waals surface area contributed by atoms with Crippen LogP contribution in [-0.2, 0) is 12.8 Å². The van der Waals surface area contributed by atoms with E-state index in [4.69, 9.17) is 0 Å². The molecule has 3 rings (SSSR count). The largest absolute Gasteiger partial charge is 0.304 e. The second-order valence-corrected chi connectivity index (χ2v) is 6.71. The second kappa shape index (κ2) is 8.30. The molecule has 0 amide bonds. The van der Waals surface area contributed by atoms with E-state index in [-0.39, 0.29) is 0 Å². The Morgan fingerprint density at radius 1 is 0.917 bits per heavy atom. The van der Waals surface area contributed by atoms with Gasteiger partial charge in [0.1, 0.15) is 0 Å². The zero-order valence-corrected chi connectivity index (χ0v) is 15.0. The molecule has 0 heterocycles. The predicted octanol–water partition coefficient (Wildman–Crippen LogP) is 5.22. The van der Waals surface area contributed by atoms with E-state index in [2.05, 4.69) is 79.4 Å². The summed E-state index contributed by atoms with van der Waals surface area (Å²) < 4.78 is 0. The van der Waals surface area contributed by atoms with Crippen LogP contribution in [-0.4, -0.2) is 24.5 Å². The van der Waals surface area contributed by atoms with Crippen LogP contribution in [0.2, 0.25) is 0 Å². The van der Waals surface area contributed by atoms with E-state index in [1.54, 1.807) is 5.57 Å². The van der Waals surface area contributed by atoms with Gasteiger partial charge in [-0.1, -0.05) is 74.5 Å². The normalized spacial score (nSPS) is 15.0. The quantitative estimate of drug-likeness (QED) is 0.676. The third kappa shape index (κ3) is 3.96. The SMILES string of the molecule is CCN(CC)CCC=C(c1ccccc1)C1Cc2ccccc2C1. The monoisotopic (exact) mass is 319 g/mol. The fourth-order valence-corrected chi connectivity index (χ4v) is 3.87. The van der Waals surface area contributed by atoms with Gasteiger partial charge >= 0.3 is 0 Å². The number of nitrogens with zero attached hydrogens (tertiary/aromatic N) is 1. The number of benzene rings is 2. The van der Waals surface area contributed by atoms with Gasteiger partial charge in [-0.2, -0.15) is 0 Å². The van der Waals surface area contributed by atoms with Crippen molar-refractivity contribution in [3.63, 3.8) is 0 Å². The average molecular weight is 319 g/mol. The summed E-state index contributed by atoms with van der Waals surface area (Å²) in [6, 6.07) is 19.9. The molecule has 0 fully saturated rings. The Hall–Kier alpha value is -1.86. The third-order valence-corrected chi connectivity index (χ3v) is 5.30. The molecule has 1 nitrogen and oxygen atoms in total. The molecule has 2 aromatic carbocycles. The van der Waals surface area contributed by atoms with Crippen molar-refractivity contribution in [3.8, 4) is 0 Å². The first-order valence-electron chi connectivity index (χ1n) is 9.36. The maximum atomic E-state index is 2.50. The van der Waals surface area contributed by atoms with Crippen LogP contribution < -0.4 is 0 Å². The van der Waals surface area contributed by atoms with E-state index in [1.807, 2.05) is 0 Å². The van der Waals surface area contributed by atoms with E-state index >= 15 is 0 Å². The van der Waals surface area contributed by atoms with E-state index < -0.39 is 0 Å². The van der Waals surface area contributed by atoms with Gasteiger partial charge in [-0.25, -0.2) is 0 Å². The Labute approximate surface area is 147 Å². The molecule has 1 heteroatoms. The molecule has 0 unspecified atom stereocenters. The van der Waals surface area contributed by atoms with Crippen LogP contribution in [0.15, 0.2) is 60.7 Å². The van der Waals surface area contributed by atoms with Crippen molar-refractivity contribution >= 4 is 5.57 Å². The van der Waals surface area contributed by atoms with Crippen molar-refractivity contribution in [2.75, 3.05) is 19.6 Å². The minimum Gasteiger partial charge on any atom is -0.304 e. The summed E-state index contributed by atoms with van der Waals surface area (Å²) in [5, 5.41) is 0. The Bertz CT molecular complexity index is 642. The number of fused-ring (bicyclic) bond motifs is 1. The third-order valence-electron chi connectivity index (χ3n) is 5.30. The van der Waals surface area contributed by atoms with Crippen LogP contribution in [0.4, 0.5) is 0 Å². The summed E-state index contributed by atoms with van der Waals surface area (Å²) in [7, 11) is 0. The van der Waals surface area contributed by atoms with E-state index in [9.17, 15) is 0 Å². The van der Waals surface area contributed by atoms with Gasteiger partial charge in [-0.15, -0.1) is 0 Å². The second-order valence-electron chi connectivity index (χ2n) is 6.71. The molecule has 0 radical (unpaired) electrons. The minimum atomic E-state index is 0.626. The molecule has 0 saturated heterocycles. The molecule has 0 aliphatic heterocycles. The number of allylic oxidation sites excluding steroid dienone is 1. The lowest BCUT2D eigenvalue weighted by Gasteiger charge is -2.19. The fourth-order valence-electron chi connectivity index (χ4n) is 3.87. The predicted molar refractivity (Wildman–Crippen MR) is 104 cm³/mol. The molecule has 0 spiro atoms. The van der Waals surface area contributed by atoms with Crippen molar-refractivity contribution in [1.82, 2.24) is 4.90 Å². The Morgan fingerprint density at radius 3 is 2.08 bits per heavy atom. The maximum absolute atomic E-state index is 2.50. The Kier molecular flexibility index (Phi) is 5.87. The molecule has 0 atom stereocenters. The van der Waals surface area contributed by atoms with Crippen LogP contribution in [0.5, 0.6) is 0 Å². The summed E-state index contributed by atoms with van der Waals surface area (Å²) in [6.07, 6.45) is 6.01. The van der Waals surface area contributed by atoms with Crippen LogP contribution >= 0.6 is 0 Å². The smallest absolute Gasteiger partial charge is 0.00159 e. The van der Waals surface area contributed by atoms with Gasteiger partial charge < -0.3 is 4.90 Å². The van der Waals surface area contributed by atoms with Gasteiger partial charge in [0.2, 0.25) is 0 Å². The van der Waals surface area contributed by atoms with Crippen LogP contribution in [0, 0.1) is 5.92 Å². The van der Waals surface area contributed by atoms with E-state index in [0.29, 0.717) is 5.92 Å². The highest BCUT2D eigenvalue weighted by molar-refractivity contribution is 5.69. The summed E-state index contributed by atoms with van der Waals surface area (Å²) in [4.78, 5) is 2.50. The standard InChI is InChI=1S/C23H29N/c1-3-24(4-2)16-10-15-23(19-11-6-5-7-12-19)22-17-20-13-8-9-14-21(20)18-22/h5-9,11-15,22H,3-4,10,16-18H2,1-2H3. The molecule has 0 N–H and O–H groups in total. The first-order valence-corrected chi connectivity index (χ1v) is 9.36. The van der Waals surface area contributed by atoms with Gasteiger partial charge in [-0.3, -0.25) is 0 Å². The minimum absolute atomic E-state index is 0.626. The van der Waals surface area contributed by atoms with E-state index in [1.165, 1.54) is 29.5 Å². The summed E-state index contributed by atoms with van der Waals surface area (Å²) in [5.41, 5.74) is 6.01. The molecular weight excluding hydrogens is 290 g/mol. The Balaban J connectivity index is 1.79. The Morgan fingerprint density at radius 2 is 1.50 bits per heavy atom. The number of rotatable bonds is 7. The molecular formula is C23H29N. The van der Waals surface area contributed by atoms with Crippen LogP contribution in [0.1, 0.15) is 37.0 Å². The average Bonchev–Trinajstić information content (AvgIpc) is 3.06. The molecule has 1 aliphatic carbocycles. The number of hydrogen-bond donors (Lipinski definition) is 0. The van der Waals surface area contributed by atoms with Gasteiger partial charge in [0.25, 0.3) is 0 Å². The van der Waals surface area contributed by atoms with Crippen molar-refractivity contribution in [2.45, 2.75) is 33.1 Å². The van der Waals surface area contributed by atoms with Gasteiger partial charge in [-0.05, 0) is 60.5 Å². The zero-order valence-electron chi connectivity index (χ0n) is 15.0. The first-order chi connectivity index (χ1) is 11.8. The molecule has 24 heavy (non-hydrogen) atoms. The summed E-state index contributed by atoms with van der Waals surface area (Å²) in [5.74, 6) is 0.626. The van der Waals surface area contributed by atoms with Crippen molar-refractivity contribution in [3.05, 3.63) is 77.4 Å². The van der Waals surface area contributed by atoms with E-state index in [0.717, 1.165) is 26.1 Å². The molecule has 126 valence electrons. The first kappa shape index (κ1) is 17.0. The van der Waals surface area contributed by atoms with Crippen molar-refractivity contribution in [2.24, 2.45) is 5.92 Å². The topological polar surface area (TPSA) is 3.24 Å². The van der Waals surface area contributed by atoms with Crippen molar-refractivity contribution in [1.29, 1.82) is 0 Å².